The molecule has 2 rings (SSSR count). The lowest BCUT2D eigenvalue weighted by Crippen LogP contribution is -2.05. The van der Waals surface area contributed by atoms with Crippen molar-refractivity contribution in [1.82, 2.24) is 0 Å². The van der Waals surface area contributed by atoms with Crippen LogP contribution in [0.1, 0.15) is 6.42 Å². The molecule has 0 radical (unpaired) electrons. The number of carbonyl (C=O) groups excluding carboxylic acids is 1. The Kier molecular flexibility index (Phi) is 1.62. The summed E-state index contributed by atoms with van der Waals surface area (Å²) in [7, 11) is 0. The Labute approximate surface area is 73.3 Å². The molecular formula is C7H4ClN3O. The molecule has 0 fully saturated rings. The minimum absolute atomic E-state index is 0.220. The number of nitrogens with zero attached hydrogens (tertiary/aromatic N) is 3. The maximum Gasteiger partial charge on any atom is 0.181 e. The molecule has 0 aliphatic carbocycles. The molecular weight excluding hydrogens is 178 g/mol. The van der Waals surface area contributed by atoms with Crippen LogP contribution in [0.4, 0.5) is 0 Å². The van der Waals surface area contributed by atoms with E-state index in [1.807, 2.05) is 0 Å². The molecule has 60 valence electrons. The van der Waals surface area contributed by atoms with E-state index in [-0.39, 0.29) is 5.16 Å². The van der Waals surface area contributed by atoms with Crippen LogP contribution < -0.4 is 0 Å². The summed E-state index contributed by atoms with van der Waals surface area (Å²) in [5.74, 6) is 0.519. The summed E-state index contributed by atoms with van der Waals surface area (Å²) in [4.78, 5) is 14.4. The lowest BCUT2D eigenvalue weighted by molar-refractivity contribution is -0.105. The second-order valence-electron chi connectivity index (χ2n) is 2.42. The molecule has 0 bridgehead atoms. The minimum atomic E-state index is 0.220. The first-order chi connectivity index (χ1) is 5.81. The molecule has 0 saturated carbocycles. The number of amidine groups is 1. The predicted octanol–water partition coefficient (Wildman–Crippen LogP) is 1.79. The summed E-state index contributed by atoms with van der Waals surface area (Å²) in [6, 6.07) is 0. The van der Waals surface area contributed by atoms with Crippen LogP contribution in [0.3, 0.4) is 0 Å². The van der Waals surface area contributed by atoms with Crippen LogP contribution in [0.15, 0.2) is 37.7 Å². The van der Waals surface area contributed by atoms with Gasteiger partial charge in [-0.2, -0.15) is 5.11 Å². The van der Waals surface area contributed by atoms with E-state index in [1.165, 1.54) is 0 Å². The molecule has 0 amide bonds. The van der Waals surface area contributed by atoms with Gasteiger partial charge in [-0.25, -0.2) is 4.99 Å². The number of carbonyl (C=O) groups is 1. The molecule has 2 aliphatic rings. The summed E-state index contributed by atoms with van der Waals surface area (Å²) in [5, 5.41) is 7.61. The molecule has 0 aromatic heterocycles. The van der Waals surface area contributed by atoms with E-state index < -0.39 is 0 Å². The topological polar surface area (TPSA) is 54.1 Å². The van der Waals surface area contributed by atoms with Crippen molar-refractivity contribution in [2.45, 2.75) is 6.42 Å². The van der Waals surface area contributed by atoms with E-state index in [1.54, 1.807) is 6.20 Å². The Bertz CT molecular complexity index is 365. The smallest absolute Gasteiger partial charge is 0.181 e. The highest BCUT2D eigenvalue weighted by Gasteiger charge is 2.20. The van der Waals surface area contributed by atoms with Gasteiger partial charge in [-0.1, -0.05) is 11.6 Å². The number of aliphatic imine (C=N–C) groups is 1. The van der Waals surface area contributed by atoms with Crippen molar-refractivity contribution in [2.75, 3.05) is 0 Å². The van der Waals surface area contributed by atoms with Crippen LogP contribution in [0.25, 0.3) is 0 Å². The summed E-state index contributed by atoms with van der Waals surface area (Å²) in [6.45, 7) is 0. The lowest BCUT2D eigenvalue weighted by atomic mass is 10.1. The van der Waals surface area contributed by atoms with Crippen LogP contribution in [0, 0.1) is 0 Å². The standard InChI is InChI=1S/C7H4ClN3O/c8-6-5(3-12)1-4-2-9-11-7(4)10-6/h2-3H,1H2. The number of rotatable bonds is 1. The molecule has 0 atom stereocenters. The highest BCUT2D eigenvalue weighted by Crippen LogP contribution is 2.27. The van der Waals surface area contributed by atoms with Crippen LogP contribution in [0.5, 0.6) is 0 Å². The summed E-state index contributed by atoms with van der Waals surface area (Å²) in [6.07, 6.45) is 2.78. The Morgan fingerprint density at radius 2 is 2.42 bits per heavy atom. The molecule has 0 saturated heterocycles. The van der Waals surface area contributed by atoms with Gasteiger partial charge in [0, 0.05) is 17.6 Å². The molecule has 2 aliphatic heterocycles. The van der Waals surface area contributed by atoms with Crippen LogP contribution in [-0.4, -0.2) is 12.1 Å². The van der Waals surface area contributed by atoms with Gasteiger partial charge in [0.1, 0.15) is 11.4 Å². The van der Waals surface area contributed by atoms with Gasteiger partial charge in [-0.15, -0.1) is 5.11 Å². The van der Waals surface area contributed by atoms with Gasteiger partial charge in [0.2, 0.25) is 0 Å². The van der Waals surface area contributed by atoms with Crippen molar-refractivity contribution >= 4 is 23.7 Å². The van der Waals surface area contributed by atoms with Gasteiger partial charge in [0.25, 0.3) is 0 Å². The Hall–Kier alpha value is -1.29. The van der Waals surface area contributed by atoms with Crippen LogP contribution in [-0.2, 0) is 4.79 Å². The third-order valence-corrected chi connectivity index (χ3v) is 1.97. The lowest BCUT2D eigenvalue weighted by Gasteiger charge is -2.07. The fourth-order valence-electron chi connectivity index (χ4n) is 1.03. The molecule has 0 aromatic carbocycles. The zero-order chi connectivity index (χ0) is 8.55. The Balaban J connectivity index is 2.45. The monoisotopic (exact) mass is 181 g/mol. The zero-order valence-corrected chi connectivity index (χ0v) is 6.75. The Morgan fingerprint density at radius 3 is 3.17 bits per heavy atom. The van der Waals surface area contributed by atoms with E-state index in [4.69, 9.17) is 11.6 Å². The number of azo groups is 1. The number of aldehydes is 1. The van der Waals surface area contributed by atoms with Crippen LogP contribution >= 0.6 is 11.6 Å². The molecule has 0 N–H and O–H groups in total. The maximum absolute atomic E-state index is 10.5. The van der Waals surface area contributed by atoms with Crippen molar-refractivity contribution in [3.63, 3.8) is 0 Å². The predicted molar refractivity (Wildman–Crippen MR) is 43.9 cm³/mol. The highest BCUT2D eigenvalue weighted by atomic mass is 35.5. The van der Waals surface area contributed by atoms with Gasteiger partial charge >= 0.3 is 0 Å². The number of hydrogen-bond acceptors (Lipinski definition) is 4. The first-order valence-corrected chi connectivity index (χ1v) is 3.72. The third kappa shape index (κ3) is 1.00. The minimum Gasteiger partial charge on any atom is -0.298 e. The molecule has 5 heteroatoms. The van der Waals surface area contributed by atoms with Crippen molar-refractivity contribution in [3.8, 4) is 0 Å². The maximum atomic E-state index is 10.5. The SMILES string of the molecule is O=CC1=C(Cl)N=C2N=NC=C2C1. The molecule has 0 unspecified atom stereocenters. The van der Waals surface area contributed by atoms with Gasteiger partial charge in [-0.3, -0.25) is 4.79 Å². The third-order valence-electron chi connectivity index (χ3n) is 1.65. The van der Waals surface area contributed by atoms with E-state index in [9.17, 15) is 4.79 Å². The summed E-state index contributed by atoms with van der Waals surface area (Å²) < 4.78 is 0. The van der Waals surface area contributed by atoms with Gasteiger partial charge in [-0.05, 0) is 0 Å². The van der Waals surface area contributed by atoms with Crippen molar-refractivity contribution in [2.24, 2.45) is 15.2 Å². The van der Waals surface area contributed by atoms with E-state index in [0.29, 0.717) is 24.1 Å². The quantitative estimate of drug-likeness (QED) is 0.449. The van der Waals surface area contributed by atoms with E-state index in [2.05, 4.69) is 15.2 Å². The number of hydrogen-bond donors (Lipinski definition) is 0. The second kappa shape index (κ2) is 2.64. The second-order valence-corrected chi connectivity index (χ2v) is 2.77. The summed E-state index contributed by atoms with van der Waals surface area (Å²) in [5.41, 5.74) is 1.33. The summed E-state index contributed by atoms with van der Waals surface area (Å²) >= 11 is 5.68. The first kappa shape index (κ1) is 7.36. The normalized spacial score (nSPS) is 20.4. The van der Waals surface area contributed by atoms with Gasteiger partial charge < -0.3 is 0 Å². The Morgan fingerprint density at radius 1 is 1.58 bits per heavy atom. The van der Waals surface area contributed by atoms with E-state index >= 15 is 0 Å². The zero-order valence-electron chi connectivity index (χ0n) is 5.99. The van der Waals surface area contributed by atoms with Gasteiger partial charge in [0.15, 0.2) is 5.84 Å². The fourth-order valence-corrected chi connectivity index (χ4v) is 1.22. The van der Waals surface area contributed by atoms with E-state index in [0.717, 1.165) is 5.57 Å². The largest absolute Gasteiger partial charge is 0.298 e. The molecule has 2 heterocycles. The van der Waals surface area contributed by atoms with Gasteiger partial charge in [0.05, 0.1) is 6.20 Å². The number of allylic oxidation sites excluding steroid dienone is 1. The highest BCUT2D eigenvalue weighted by molar-refractivity contribution is 6.32. The molecule has 12 heavy (non-hydrogen) atoms. The molecule has 0 aromatic rings. The fraction of sp³-hybridized carbons (Fsp3) is 0.143. The number of fused-ring (bicyclic) bond motifs is 1. The average Bonchev–Trinajstić information content (AvgIpc) is 2.49. The van der Waals surface area contributed by atoms with Crippen LogP contribution in [0.2, 0.25) is 0 Å². The van der Waals surface area contributed by atoms with Crippen molar-refractivity contribution in [3.05, 3.63) is 22.5 Å². The number of halogens is 1. The average molecular weight is 182 g/mol. The first-order valence-electron chi connectivity index (χ1n) is 3.34. The van der Waals surface area contributed by atoms with Crippen molar-refractivity contribution in [1.29, 1.82) is 0 Å². The molecule has 4 nitrogen and oxygen atoms in total. The van der Waals surface area contributed by atoms with Crippen molar-refractivity contribution < 1.29 is 4.79 Å². The molecule has 0 spiro atoms.